The van der Waals surface area contributed by atoms with E-state index in [2.05, 4.69) is 30.0 Å². The first-order chi connectivity index (χ1) is 14.4. The van der Waals surface area contributed by atoms with E-state index in [1.807, 2.05) is 32.1 Å². The number of aromatic amines is 1. The van der Waals surface area contributed by atoms with Gasteiger partial charge in [0.25, 0.3) is 11.5 Å². The lowest BCUT2D eigenvalue weighted by atomic mass is 10.2. The summed E-state index contributed by atoms with van der Waals surface area (Å²) in [6, 6.07) is 1.85. The van der Waals surface area contributed by atoms with Gasteiger partial charge in [-0.2, -0.15) is 0 Å². The summed E-state index contributed by atoms with van der Waals surface area (Å²) in [5.74, 6) is -0.129. The largest absolute Gasteiger partial charge is 0.383 e. The number of aliphatic imine (C=N–C) groups is 1. The minimum atomic E-state index is -0.322. The third kappa shape index (κ3) is 4.16. The maximum absolute atomic E-state index is 12.6. The van der Waals surface area contributed by atoms with Crippen molar-refractivity contribution < 1.29 is 4.79 Å². The molecule has 3 aromatic rings. The summed E-state index contributed by atoms with van der Waals surface area (Å²) >= 11 is 2.27. The summed E-state index contributed by atoms with van der Waals surface area (Å²) in [6.45, 7) is 3.75. The fourth-order valence-corrected chi connectivity index (χ4v) is 4.41. The summed E-state index contributed by atoms with van der Waals surface area (Å²) < 4.78 is 2.64. The van der Waals surface area contributed by atoms with Crippen LogP contribution in [0.1, 0.15) is 40.3 Å². The molecule has 9 nitrogen and oxygen atoms in total. The molecule has 1 amide bonds. The number of H-pyrrole nitrogens is 1. The molecule has 0 aromatic carbocycles. The van der Waals surface area contributed by atoms with Crippen molar-refractivity contribution in [3.05, 3.63) is 56.6 Å². The quantitative estimate of drug-likeness (QED) is 0.343. The van der Waals surface area contributed by atoms with Crippen LogP contribution in [0.4, 0.5) is 15.8 Å². The van der Waals surface area contributed by atoms with Gasteiger partial charge in [0.15, 0.2) is 5.13 Å². The molecule has 0 atom stereocenters. The van der Waals surface area contributed by atoms with Gasteiger partial charge >= 0.3 is 0 Å². The van der Waals surface area contributed by atoms with E-state index >= 15 is 0 Å². The molecule has 0 saturated carbocycles. The number of aromatic nitrogens is 3. The molecule has 0 fully saturated rings. The van der Waals surface area contributed by atoms with E-state index in [9.17, 15) is 9.59 Å². The molecule has 4 rings (SSSR count). The van der Waals surface area contributed by atoms with Gasteiger partial charge in [-0.3, -0.25) is 23.9 Å². The second kappa shape index (κ2) is 8.20. The van der Waals surface area contributed by atoms with E-state index in [1.54, 1.807) is 6.20 Å². The summed E-state index contributed by atoms with van der Waals surface area (Å²) in [6.07, 6.45) is 7.95. The first kappa shape index (κ1) is 20.0. The first-order valence-corrected chi connectivity index (χ1v) is 10.8. The molecule has 30 heavy (non-hydrogen) atoms. The highest BCUT2D eigenvalue weighted by molar-refractivity contribution is 7.18. The van der Waals surface area contributed by atoms with Gasteiger partial charge < -0.3 is 16.4 Å². The second-order valence-corrected chi connectivity index (χ2v) is 8.67. The van der Waals surface area contributed by atoms with Crippen LogP contribution in [-0.4, -0.2) is 32.1 Å². The lowest BCUT2D eigenvalue weighted by Crippen LogP contribution is -2.23. The number of nitrogens with one attached hydrogen (secondary N) is 3. The second-order valence-electron chi connectivity index (χ2n) is 6.82. The summed E-state index contributed by atoms with van der Waals surface area (Å²) in [5, 5.41) is 6.85. The van der Waals surface area contributed by atoms with Crippen LogP contribution in [0.25, 0.3) is 6.08 Å². The van der Waals surface area contributed by atoms with Crippen LogP contribution in [0.15, 0.2) is 34.3 Å². The van der Waals surface area contributed by atoms with Crippen molar-refractivity contribution in [2.45, 2.75) is 26.3 Å². The molecule has 1 aliphatic rings. The number of nitrogens with zero attached hydrogens (tertiary/aromatic N) is 3. The van der Waals surface area contributed by atoms with Gasteiger partial charge in [0, 0.05) is 12.5 Å². The molecule has 0 saturated heterocycles. The molecule has 1 aliphatic carbocycles. The SMILES string of the molecule is CC(C)N=C(N)c1c(Nc2ncc(C(=O)Nc3cnc4c(c3)C=CC4)s2)s[nH]c1=O. The van der Waals surface area contributed by atoms with E-state index in [0.29, 0.717) is 20.7 Å². The standard InChI is InChI=1S/C19H19N7O2S2/c1-9(2)23-15(20)14-17(28)26-30-18(14)25-19-22-8-13(29-19)16(27)24-11-6-10-4-3-5-12(10)21-7-11/h3-4,6-9H,5H2,1-2H3,(H2,20,23)(H,22,25)(H,24,27)(H,26,28). The highest BCUT2D eigenvalue weighted by atomic mass is 32.1. The van der Waals surface area contributed by atoms with Crippen molar-refractivity contribution in [1.29, 1.82) is 0 Å². The fraction of sp³-hybridized carbons (Fsp3) is 0.211. The lowest BCUT2D eigenvalue weighted by molar-refractivity contribution is 0.103. The monoisotopic (exact) mass is 441 g/mol. The normalized spacial score (nSPS) is 13.0. The van der Waals surface area contributed by atoms with Crippen LogP contribution in [0.2, 0.25) is 0 Å². The van der Waals surface area contributed by atoms with Crippen LogP contribution >= 0.6 is 22.9 Å². The van der Waals surface area contributed by atoms with Crippen LogP contribution in [0, 0.1) is 0 Å². The van der Waals surface area contributed by atoms with Crippen molar-refractivity contribution in [2.75, 3.05) is 10.6 Å². The minimum Gasteiger partial charge on any atom is -0.383 e. The predicted octanol–water partition coefficient (Wildman–Crippen LogP) is 2.97. The predicted molar refractivity (Wildman–Crippen MR) is 121 cm³/mol. The number of anilines is 3. The average molecular weight is 442 g/mol. The Hall–Kier alpha value is -3.31. The molecule has 0 aliphatic heterocycles. The molecule has 3 aromatic heterocycles. The number of allylic oxidation sites excluding steroid dienone is 1. The first-order valence-electron chi connectivity index (χ1n) is 9.15. The Kier molecular flexibility index (Phi) is 5.46. The van der Waals surface area contributed by atoms with E-state index in [1.165, 1.54) is 17.5 Å². The molecular formula is C19H19N7O2S2. The molecule has 0 spiro atoms. The number of amidine groups is 1. The van der Waals surface area contributed by atoms with Gasteiger partial charge in [-0.1, -0.05) is 23.5 Å². The number of pyridine rings is 1. The van der Waals surface area contributed by atoms with Crippen molar-refractivity contribution in [3.63, 3.8) is 0 Å². The van der Waals surface area contributed by atoms with Crippen LogP contribution in [0.3, 0.4) is 0 Å². The zero-order valence-electron chi connectivity index (χ0n) is 16.2. The number of rotatable bonds is 6. The lowest BCUT2D eigenvalue weighted by Gasteiger charge is -2.05. The molecule has 3 heterocycles. The van der Waals surface area contributed by atoms with Gasteiger partial charge in [-0.25, -0.2) is 4.98 Å². The third-order valence-electron chi connectivity index (χ3n) is 4.17. The number of carbonyl (C=O) groups excluding carboxylic acids is 1. The molecule has 154 valence electrons. The molecular weight excluding hydrogens is 422 g/mol. The number of nitrogens with two attached hydrogens (primary N) is 1. The van der Waals surface area contributed by atoms with Crippen LogP contribution in [-0.2, 0) is 6.42 Å². The Morgan fingerprint density at radius 1 is 1.33 bits per heavy atom. The van der Waals surface area contributed by atoms with Gasteiger partial charge in [-0.05, 0) is 37.0 Å². The van der Waals surface area contributed by atoms with Crippen molar-refractivity contribution in [2.24, 2.45) is 10.7 Å². The molecule has 0 unspecified atom stereocenters. The maximum atomic E-state index is 12.6. The Morgan fingerprint density at radius 3 is 2.97 bits per heavy atom. The third-order valence-corrected chi connectivity index (χ3v) is 5.88. The Labute approximate surface area is 180 Å². The Bertz CT molecular complexity index is 1220. The van der Waals surface area contributed by atoms with Crippen LogP contribution in [0.5, 0.6) is 0 Å². The number of amides is 1. The summed E-state index contributed by atoms with van der Waals surface area (Å²) in [5.41, 5.74) is 8.56. The number of hydrogen-bond acceptors (Lipinski definition) is 8. The minimum absolute atomic E-state index is 0.0449. The number of hydrogen-bond donors (Lipinski definition) is 4. The van der Waals surface area contributed by atoms with E-state index in [4.69, 9.17) is 5.73 Å². The maximum Gasteiger partial charge on any atom is 0.271 e. The van der Waals surface area contributed by atoms with Gasteiger partial charge in [0.05, 0.1) is 23.8 Å². The summed E-state index contributed by atoms with van der Waals surface area (Å²) in [4.78, 5) is 37.9. The number of thiazole rings is 1. The molecule has 11 heteroatoms. The van der Waals surface area contributed by atoms with Gasteiger partial charge in [-0.15, -0.1) is 0 Å². The smallest absolute Gasteiger partial charge is 0.271 e. The Morgan fingerprint density at radius 2 is 2.17 bits per heavy atom. The number of carbonyl (C=O) groups is 1. The van der Waals surface area contributed by atoms with Crippen LogP contribution < -0.4 is 21.9 Å². The number of fused-ring (bicyclic) bond motifs is 1. The highest BCUT2D eigenvalue weighted by Crippen LogP contribution is 2.27. The zero-order chi connectivity index (χ0) is 21.3. The van der Waals surface area contributed by atoms with Crippen molar-refractivity contribution >= 4 is 56.5 Å². The fourth-order valence-electron chi connectivity index (χ4n) is 2.88. The zero-order valence-corrected chi connectivity index (χ0v) is 17.9. The van der Waals surface area contributed by atoms with Gasteiger partial charge in [0.2, 0.25) is 0 Å². The average Bonchev–Trinajstić information content (AvgIpc) is 3.41. The topological polar surface area (TPSA) is 138 Å². The Balaban J connectivity index is 1.49. The van der Waals surface area contributed by atoms with E-state index in [-0.39, 0.29) is 28.9 Å². The van der Waals surface area contributed by atoms with Crippen molar-refractivity contribution in [1.82, 2.24) is 14.3 Å². The molecule has 0 radical (unpaired) electrons. The van der Waals surface area contributed by atoms with E-state index in [0.717, 1.165) is 29.2 Å². The van der Waals surface area contributed by atoms with Crippen molar-refractivity contribution in [3.8, 4) is 0 Å². The van der Waals surface area contributed by atoms with Gasteiger partial charge in [0.1, 0.15) is 21.3 Å². The van der Waals surface area contributed by atoms with E-state index < -0.39 is 0 Å². The molecule has 0 bridgehead atoms. The summed E-state index contributed by atoms with van der Waals surface area (Å²) in [7, 11) is 0. The highest BCUT2D eigenvalue weighted by Gasteiger charge is 2.18. The molecule has 5 N–H and O–H groups in total.